The van der Waals surface area contributed by atoms with Crippen molar-refractivity contribution in [3.63, 3.8) is 0 Å². The van der Waals surface area contributed by atoms with Gasteiger partial charge in [-0.3, -0.25) is 14.4 Å². The molecule has 6 heteroatoms. The van der Waals surface area contributed by atoms with E-state index in [1.165, 1.54) is 44.9 Å². The van der Waals surface area contributed by atoms with E-state index in [0.29, 0.717) is 19.3 Å². The fraction of sp³-hybridized carbons (Fsp3) is 0.576. The van der Waals surface area contributed by atoms with E-state index in [2.05, 4.69) is 142 Å². The predicted octanol–water partition coefficient (Wildman–Crippen LogP) is 17.1. The molecule has 0 bridgehead atoms. The Morgan fingerprint density at radius 3 is 1.06 bits per heavy atom. The van der Waals surface area contributed by atoms with E-state index in [1.54, 1.807) is 0 Å². The van der Waals surface area contributed by atoms with E-state index in [0.717, 1.165) is 103 Å². The third kappa shape index (κ3) is 50.4. The van der Waals surface area contributed by atoms with Gasteiger partial charge in [-0.2, -0.15) is 0 Å². The molecule has 0 saturated carbocycles. The minimum atomic E-state index is -0.852. The van der Waals surface area contributed by atoms with Crippen LogP contribution in [0.5, 0.6) is 0 Å². The third-order valence-corrected chi connectivity index (χ3v) is 10.1. The molecule has 0 aromatic carbocycles. The number of hydrogen-bond donors (Lipinski definition) is 0. The minimum Gasteiger partial charge on any atom is -0.462 e. The number of unbranched alkanes of at least 4 members (excludes halogenated alkanes) is 11. The maximum atomic E-state index is 12.8. The molecule has 65 heavy (non-hydrogen) atoms. The first-order valence-corrected chi connectivity index (χ1v) is 25.7. The molecule has 6 nitrogen and oxygen atoms in total. The third-order valence-electron chi connectivity index (χ3n) is 10.1. The molecular formula is C59H92O6. The van der Waals surface area contributed by atoms with Crippen LogP contribution in [-0.4, -0.2) is 37.2 Å². The summed E-state index contributed by atoms with van der Waals surface area (Å²) in [6, 6.07) is 0. The van der Waals surface area contributed by atoms with Crippen LogP contribution in [0.4, 0.5) is 0 Å². The van der Waals surface area contributed by atoms with Crippen LogP contribution in [-0.2, 0) is 28.6 Å². The summed E-state index contributed by atoms with van der Waals surface area (Å²) >= 11 is 0. The molecule has 364 valence electrons. The average Bonchev–Trinajstić information content (AvgIpc) is 3.30. The molecule has 0 radical (unpaired) electrons. The minimum absolute atomic E-state index is 0.140. The number of hydrogen-bond acceptors (Lipinski definition) is 6. The predicted molar refractivity (Wildman–Crippen MR) is 279 cm³/mol. The van der Waals surface area contributed by atoms with Crippen LogP contribution >= 0.6 is 0 Å². The Morgan fingerprint density at radius 2 is 0.646 bits per heavy atom. The zero-order valence-corrected chi connectivity index (χ0v) is 41.4. The molecule has 0 fully saturated rings. The van der Waals surface area contributed by atoms with Crippen LogP contribution < -0.4 is 0 Å². The van der Waals surface area contributed by atoms with Gasteiger partial charge in [0, 0.05) is 19.3 Å². The largest absolute Gasteiger partial charge is 0.462 e. The van der Waals surface area contributed by atoms with Gasteiger partial charge in [0.05, 0.1) is 0 Å². The summed E-state index contributed by atoms with van der Waals surface area (Å²) in [5.41, 5.74) is 0. The zero-order chi connectivity index (χ0) is 47.2. The number of carbonyl (C=O) groups excluding carboxylic acids is 3. The summed E-state index contributed by atoms with van der Waals surface area (Å²) in [5.74, 6) is -1.11. The van der Waals surface area contributed by atoms with E-state index >= 15 is 0 Å². The molecule has 0 aliphatic heterocycles. The zero-order valence-electron chi connectivity index (χ0n) is 41.4. The summed E-state index contributed by atoms with van der Waals surface area (Å²) in [6.45, 7) is 6.25. The van der Waals surface area contributed by atoms with Crippen molar-refractivity contribution in [1.82, 2.24) is 0 Å². The Morgan fingerprint density at radius 1 is 0.323 bits per heavy atom. The lowest BCUT2D eigenvalue weighted by Crippen LogP contribution is -2.30. The van der Waals surface area contributed by atoms with Gasteiger partial charge in [-0.1, -0.05) is 199 Å². The number of esters is 3. The highest BCUT2D eigenvalue weighted by Gasteiger charge is 2.19. The first kappa shape index (κ1) is 60.5. The summed E-state index contributed by atoms with van der Waals surface area (Å²) in [6.07, 6.45) is 73.1. The van der Waals surface area contributed by atoms with Gasteiger partial charge in [-0.25, -0.2) is 0 Å². The van der Waals surface area contributed by atoms with Gasteiger partial charge in [0.2, 0.25) is 0 Å². The highest BCUT2D eigenvalue weighted by molar-refractivity contribution is 5.71. The average molecular weight is 897 g/mol. The first-order valence-electron chi connectivity index (χ1n) is 25.7. The van der Waals surface area contributed by atoms with Crippen molar-refractivity contribution < 1.29 is 28.6 Å². The van der Waals surface area contributed by atoms with Crippen LogP contribution in [0.2, 0.25) is 0 Å². The molecule has 0 rings (SSSR count). The van der Waals surface area contributed by atoms with E-state index in [1.807, 2.05) is 12.2 Å². The van der Waals surface area contributed by atoms with Crippen LogP contribution in [0.15, 0.2) is 134 Å². The molecule has 0 spiro atoms. The lowest BCUT2D eigenvalue weighted by atomic mass is 10.1. The topological polar surface area (TPSA) is 78.9 Å². The SMILES string of the molecule is CC/C=C\C/C=C\C/C=C\C/C=C\C/C=C\CCC(=O)OC(COC(=O)CCC/C=C\C/C=C\C/C=C\CCCCCCCC)COC(=O)CCCCCC/C=C\C/C=C\C/C=C\CC. The van der Waals surface area contributed by atoms with Gasteiger partial charge in [-0.15, -0.1) is 0 Å². The van der Waals surface area contributed by atoms with Crippen molar-refractivity contribution in [3.8, 4) is 0 Å². The Labute approximate surface area is 398 Å². The second-order valence-electron chi connectivity index (χ2n) is 16.3. The Balaban J connectivity index is 4.63. The van der Waals surface area contributed by atoms with E-state index in [4.69, 9.17) is 14.2 Å². The molecule has 0 amide bonds. The van der Waals surface area contributed by atoms with Crippen LogP contribution in [0.3, 0.4) is 0 Å². The quantitative estimate of drug-likeness (QED) is 0.0262. The van der Waals surface area contributed by atoms with Crippen LogP contribution in [0.25, 0.3) is 0 Å². The molecule has 0 heterocycles. The molecule has 1 atom stereocenters. The van der Waals surface area contributed by atoms with E-state index in [9.17, 15) is 14.4 Å². The van der Waals surface area contributed by atoms with Crippen molar-refractivity contribution in [2.45, 2.75) is 207 Å². The maximum Gasteiger partial charge on any atom is 0.306 e. The molecule has 0 aliphatic rings. The monoisotopic (exact) mass is 897 g/mol. The van der Waals surface area contributed by atoms with Crippen molar-refractivity contribution in [2.75, 3.05) is 13.2 Å². The summed E-state index contributed by atoms with van der Waals surface area (Å²) < 4.78 is 16.6. The van der Waals surface area contributed by atoms with Crippen molar-refractivity contribution >= 4 is 17.9 Å². The molecule has 0 aromatic heterocycles. The number of allylic oxidation sites excluding steroid dienone is 22. The molecule has 0 aliphatic carbocycles. The van der Waals surface area contributed by atoms with Crippen LogP contribution in [0.1, 0.15) is 201 Å². The van der Waals surface area contributed by atoms with Crippen molar-refractivity contribution in [3.05, 3.63) is 134 Å². The van der Waals surface area contributed by atoms with Gasteiger partial charge in [0.15, 0.2) is 6.10 Å². The summed E-state index contributed by atoms with van der Waals surface area (Å²) in [7, 11) is 0. The second-order valence-corrected chi connectivity index (χ2v) is 16.3. The fourth-order valence-corrected chi connectivity index (χ4v) is 6.34. The normalized spacial score (nSPS) is 13.2. The molecule has 0 N–H and O–H groups in total. The van der Waals surface area contributed by atoms with Gasteiger partial charge in [0.25, 0.3) is 0 Å². The first-order chi connectivity index (χ1) is 32.0. The number of rotatable bonds is 44. The molecule has 0 saturated heterocycles. The maximum absolute atomic E-state index is 12.8. The van der Waals surface area contributed by atoms with Crippen molar-refractivity contribution in [1.29, 1.82) is 0 Å². The van der Waals surface area contributed by atoms with Gasteiger partial charge in [-0.05, 0) is 116 Å². The number of ether oxygens (including phenoxy) is 3. The Bertz CT molecular complexity index is 1450. The lowest BCUT2D eigenvalue weighted by Gasteiger charge is -2.18. The lowest BCUT2D eigenvalue weighted by molar-refractivity contribution is -0.166. The molecule has 0 aromatic rings. The Hall–Kier alpha value is -4.45. The molecule has 1 unspecified atom stereocenters. The highest BCUT2D eigenvalue weighted by atomic mass is 16.6. The van der Waals surface area contributed by atoms with Crippen LogP contribution in [0, 0.1) is 0 Å². The number of carbonyl (C=O) groups is 3. The summed E-state index contributed by atoms with van der Waals surface area (Å²) in [4.78, 5) is 37.9. The van der Waals surface area contributed by atoms with Gasteiger partial charge < -0.3 is 14.2 Å². The second kappa shape index (κ2) is 52.2. The van der Waals surface area contributed by atoms with E-state index in [-0.39, 0.29) is 38.0 Å². The standard InChI is InChI=1S/C59H92O6/c1-4-7-10-13-16-19-22-25-28-30-32-34-37-40-43-46-49-52-58(61)64-55-56(54-63-57(60)51-48-45-42-39-36-33-27-24-21-18-15-12-9-6-3)65-59(62)53-50-47-44-41-38-35-31-29-26-23-20-17-14-11-8-5-2/h8-9,11-12,17-18,20-21,25-29,32-35,38,40,43-44,47,56H,4-7,10,13-16,19,22-24,30-31,36-37,39,41-42,45-46,48-55H2,1-3H3/b11-8-,12-9-,20-17-,21-18-,28-25-,29-26-,33-27-,34-32-,38-35-,43-40-,47-44-. The highest BCUT2D eigenvalue weighted by Crippen LogP contribution is 2.11. The van der Waals surface area contributed by atoms with Crippen molar-refractivity contribution in [2.24, 2.45) is 0 Å². The van der Waals surface area contributed by atoms with Gasteiger partial charge in [0.1, 0.15) is 13.2 Å². The molecular weight excluding hydrogens is 805 g/mol. The van der Waals surface area contributed by atoms with Gasteiger partial charge >= 0.3 is 17.9 Å². The Kier molecular flexibility index (Phi) is 48.6. The van der Waals surface area contributed by atoms with E-state index < -0.39 is 12.1 Å². The fourth-order valence-electron chi connectivity index (χ4n) is 6.34. The smallest absolute Gasteiger partial charge is 0.306 e. The summed E-state index contributed by atoms with van der Waals surface area (Å²) in [5, 5.41) is 0.